The van der Waals surface area contributed by atoms with Gasteiger partial charge in [0.25, 0.3) is 0 Å². The van der Waals surface area contributed by atoms with E-state index >= 15 is 0 Å². The first-order valence-corrected chi connectivity index (χ1v) is 8.32. The third-order valence-corrected chi connectivity index (χ3v) is 5.19. The van der Waals surface area contributed by atoms with Gasteiger partial charge in [-0.2, -0.15) is 0 Å². The van der Waals surface area contributed by atoms with E-state index in [9.17, 15) is 0 Å². The van der Waals surface area contributed by atoms with Crippen molar-refractivity contribution in [1.29, 1.82) is 0 Å². The van der Waals surface area contributed by atoms with E-state index in [1.165, 1.54) is 58.2 Å². The van der Waals surface area contributed by atoms with Gasteiger partial charge in [0.15, 0.2) is 0 Å². The van der Waals surface area contributed by atoms with E-state index in [0.29, 0.717) is 11.1 Å². The van der Waals surface area contributed by atoms with Crippen LogP contribution in [0.1, 0.15) is 73.1 Å². The Morgan fingerprint density at radius 2 is 1.47 bits per heavy atom. The minimum absolute atomic E-state index is 0.332. The van der Waals surface area contributed by atoms with E-state index < -0.39 is 0 Å². The fourth-order valence-corrected chi connectivity index (χ4v) is 4.14. The van der Waals surface area contributed by atoms with Crippen LogP contribution in [0.2, 0.25) is 0 Å². The predicted molar refractivity (Wildman–Crippen MR) is 83.6 cm³/mol. The van der Waals surface area contributed by atoms with Crippen LogP contribution in [0.3, 0.4) is 0 Å². The van der Waals surface area contributed by atoms with Gasteiger partial charge in [-0.25, -0.2) is 0 Å². The van der Waals surface area contributed by atoms with Crippen molar-refractivity contribution in [1.82, 2.24) is 9.80 Å². The second kappa shape index (κ2) is 5.73. The molecule has 0 aromatic rings. The van der Waals surface area contributed by atoms with Gasteiger partial charge in [0.05, 0.1) is 0 Å². The van der Waals surface area contributed by atoms with Crippen LogP contribution < -0.4 is 0 Å². The van der Waals surface area contributed by atoms with Gasteiger partial charge in [0.1, 0.15) is 0 Å². The Morgan fingerprint density at radius 1 is 0.842 bits per heavy atom. The van der Waals surface area contributed by atoms with Gasteiger partial charge in [0.2, 0.25) is 0 Å². The third kappa shape index (κ3) is 3.72. The summed E-state index contributed by atoms with van der Waals surface area (Å²) >= 11 is 0. The summed E-state index contributed by atoms with van der Waals surface area (Å²) in [6.07, 6.45) is 8.36. The molecule has 0 aromatic heterocycles. The minimum Gasteiger partial charge on any atom is -0.298 e. The molecule has 112 valence electrons. The lowest BCUT2D eigenvalue weighted by molar-refractivity contribution is 0.0406. The number of hydrogen-bond donors (Lipinski definition) is 0. The maximum atomic E-state index is 2.75. The monoisotopic (exact) mass is 266 g/mol. The first kappa shape index (κ1) is 15.3. The van der Waals surface area contributed by atoms with E-state index in [1.54, 1.807) is 0 Å². The molecule has 0 bridgehead atoms. The molecule has 2 heterocycles. The summed E-state index contributed by atoms with van der Waals surface area (Å²) in [5.41, 5.74) is 0.706. The molecular formula is C17H34N2. The lowest BCUT2D eigenvalue weighted by Gasteiger charge is -2.46. The molecule has 19 heavy (non-hydrogen) atoms. The van der Waals surface area contributed by atoms with Crippen molar-refractivity contribution in [3.8, 4) is 0 Å². The molecular weight excluding hydrogens is 232 g/mol. The van der Waals surface area contributed by atoms with Crippen LogP contribution in [0.25, 0.3) is 0 Å². The van der Waals surface area contributed by atoms with Crippen molar-refractivity contribution in [3.63, 3.8) is 0 Å². The van der Waals surface area contributed by atoms with Gasteiger partial charge in [0, 0.05) is 17.1 Å². The molecule has 1 unspecified atom stereocenters. The number of nitrogens with zero attached hydrogens (tertiary/aromatic N) is 2. The van der Waals surface area contributed by atoms with Crippen LogP contribution in [0, 0.1) is 0 Å². The fraction of sp³-hybridized carbons (Fsp3) is 1.00. The lowest BCUT2D eigenvalue weighted by atomic mass is 9.89. The van der Waals surface area contributed by atoms with Gasteiger partial charge in [-0.15, -0.1) is 0 Å². The summed E-state index contributed by atoms with van der Waals surface area (Å²) in [7, 11) is 0. The lowest BCUT2D eigenvalue weighted by Crippen LogP contribution is -2.52. The Labute approximate surface area is 120 Å². The molecule has 0 aliphatic carbocycles. The summed E-state index contributed by atoms with van der Waals surface area (Å²) in [5, 5.41) is 0. The molecule has 0 N–H and O–H groups in total. The fourth-order valence-electron chi connectivity index (χ4n) is 4.14. The molecule has 0 saturated carbocycles. The normalized spacial score (nSPS) is 27.9. The summed E-state index contributed by atoms with van der Waals surface area (Å²) in [6.45, 7) is 16.0. The smallest absolute Gasteiger partial charge is 0.0168 e. The maximum absolute atomic E-state index is 2.75. The van der Waals surface area contributed by atoms with Crippen molar-refractivity contribution >= 4 is 0 Å². The van der Waals surface area contributed by atoms with Crippen molar-refractivity contribution in [2.45, 2.75) is 90.3 Å². The standard InChI is InChI=1S/C17H34N2/c1-16(2,3)19-13-9-10-15(19)14-17(4,5)18-11-7-6-8-12-18/h15H,6-14H2,1-5H3. The van der Waals surface area contributed by atoms with Crippen LogP contribution in [-0.2, 0) is 0 Å². The minimum atomic E-state index is 0.332. The van der Waals surface area contributed by atoms with E-state index in [-0.39, 0.29) is 0 Å². The van der Waals surface area contributed by atoms with Crippen molar-refractivity contribution in [3.05, 3.63) is 0 Å². The molecule has 0 radical (unpaired) electrons. The Balaban J connectivity index is 1.98. The van der Waals surface area contributed by atoms with Crippen LogP contribution in [-0.4, -0.2) is 46.6 Å². The van der Waals surface area contributed by atoms with Crippen LogP contribution in [0.5, 0.6) is 0 Å². The zero-order valence-electron chi connectivity index (χ0n) is 13.8. The molecule has 0 amide bonds. The van der Waals surface area contributed by atoms with Crippen molar-refractivity contribution in [2.75, 3.05) is 19.6 Å². The number of piperidine rings is 1. The van der Waals surface area contributed by atoms with Crippen molar-refractivity contribution in [2.24, 2.45) is 0 Å². The highest BCUT2D eigenvalue weighted by Crippen LogP contribution is 2.34. The average Bonchev–Trinajstić information content (AvgIpc) is 2.77. The molecule has 2 nitrogen and oxygen atoms in total. The summed E-state index contributed by atoms with van der Waals surface area (Å²) in [4.78, 5) is 5.49. The van der Waals surface area contributed by atoms with E-state index in [4.69, 9.17) is 0 Å². The molecule has 2 aliphatic rings. The number of rotatable bonds is 3. The Morgan fingerprint density at radius 3 is 2.05 bits per heavy atom. The Bertz CT molecular complexity index is 284. The number of hydrogen-bond acceptors (Lipinski definition) is 2. The zero-order chi connectivity index (χ0) is 14.1. The first-order chi connectivity index (χ1) is 8.81. The van der Waals surface area contributed by atoms with E-state index in [1.807, 2.05) is 0 Å². The average molecular weight is 266 g/mol. The van der Waals surface area contributed by atoms with E-state index in [0.717, 1.165) is 6.04 Å². The first-order valence-electron chi connectivity index (χ1n) is 8.32. The van der Waals surface area contributed by atoms with Crippen LogP contribution >= 0.6 is 0 Å². The second-order valence-corrected chi connectivity index (χ2v) is 8.22. The maximum Gasteiger partial charge on any atom is 0.0168 e. The highest BCUT2D eigenvalue weighted by Gasteiger charge is 2.38. The van der Waals surface area contributed by atoms with Gasteiger partial charge in [-0.3, -0.25) is 9.80 Å². The topological polar surface area (TPSA) is 6.48 Å². The van der Waals surface area contributed by atoms with Gasteiger partial charge < -0.3 is 0 Å². The van der Waals surface area contributed by atoms with Crippen molar-refractivity contribution < 1.29 is 0 Å². The quantitative estimate of drug-likeness (QED) is 0.764. The highest BCUT2D eigenvalue weighted by molar-refractivity contribution is 4.94. The van der Waals surface area contributed by atoms with Crippen LogP contribution in [0.15, 0.2) is 0 Å². The molecule has 2 fully saturated rings. The third-order valence-electron chi connectivity index (χ3n) is 5.19. The summed E-state index contributed by atoms with van der Waals surface area (Å²) in [5.74, 6) is 0. The Hall–Kier alpha value is -0.0800. The second-order valence-electron chi connectivity index (χ2n) is 8.22. The van der Waals surface area contributed by atoms with Gasteiger partial charge >= 0.3 is 0 Å². The van der Waals surface area contributed by atoms with Gasteiger partial charge in [-0.05, 0) is 86.4 Å². The molecule has 1 atom stereocenters. The zero-order valence-corrected chi connectivity index (χ0v) is 13.8. The molecule has 0 spiro atoms. The SMILES string of the molecule is CC(C)(C)N1CCCC1CC(C)(C)N1CCCCC1. The Kier molecular flexibility index (Phi) is 4.62. The molecule has 0 aromatic carbocycles. The summed E-state index contributed by atoms with van der Waals surface area (Å²) in [6, 6.07) is 0.789. The predicted octanol–water partition coefficient (Wildman–Crippen LogP) is 3.90. The summed E-state index contributed by atoms with van der Waals surface area (Å²) < 4.78 is 0. The molecule has 2 saturated heterocycles. The number of likely N-dealkylation sites (tertiary alicyclic amines) is 2. The highest BCUT2D eigenvalue weighted by atomic mass is 15.3. The molecule has 2 rings (SSSR count). The molecule has 2 heteroatoms. The largest absolute Gasteiger partial charge is 0.298 e. The van der Waals surface area contributed by atoms with Crippen LogP contribution in [0.4, 0.5) is 0 Å². The van der Waals surface area contributed by atoms with E-state index in [2.05, 4.69) is 44.4 Å². The molecule has 2 aliphatic heterocycles. The van der Waals surface area contributed by atoms with Gasteiger partial charge in [-0.1, -0.05) is 6.42 Å².